The molecule has 0 saturated carbocycles. The topological polar surface area (TPSA) is 104 Å². The number of amides is 1. The number of carboxylic acids is 2. The Morgan fingerprint density at radius 1 is 1.00 bits per heavy atom. The maximum absolute atomic E-state index is 12.5. The van der Waals surface area contributed by atoms with E-state index in [9.17, 15) is 19.5 Å². The minimum atomic E-state index is -1.57. The van der Waals surface area contributed by atoms with Gasteiger partial charge in [0, 0.05) is 0 Å². The van der Waals surface area contributed by atoms with Crippen LogP contribution in [0.15, 0.2) is 48.5 Å². The quantitative estimate of drug-likeness (QED) is 0.855. The molecule has 3 rings (SSSR count). The maximum Gasteiger partial charge on any atom is 0.411 e. The first-order valence-electron chi connectivity index (χ1n) is 7.94. The van der Waals surface area contributed by atoms with Gasteiger partial charge < -0.3 is 14.9 Å². The molecule has 1 aliphatic rings. The number of methoxy groups -OCH3 is 1. The summed E-state index contributed by atoms with van der Waals surface area (Å²) in [5.74, 6) is -2.72. The third-order valence-electron chi connectivity index (χ3n) is 4.45. The fourth-order valence-corrected chi connectivity index (χ4v) is 3.42. The highest BCUT2D eigenvalue weighted by Gasteiger charge is 2.42. The number of hydrogen-bond acceptors (Lipinski definition) is 4. The first-order chi connectivity index (χ1) is 12.5. The number of nitrogens with zero attached hydrogens (tertiary/aromatic N) is 1. The lowest BCUT2D eigenvalue weighted by atomic mass is 10.0. The van der Waals surface area contributed by atoms with E-state index >= 15 is 0 Å². The smallest absolute Gasteiger partial charge is 0.411 e. The zero-order valence-corrected chi connectivity index (χ0v) is 14.0. The lowest BCUT2D eigenvalue weighted by molar-refractivity contribution is -0.149. The van der Waals surface area contributed by atoms with Crippen LogP contribution in [0.1, 0.15) is 23.6 Å². The Hall–Kier alpha value is -3.35. The Bertz CT molecular complexity index is 832. The van der Waals surface area contributed by atoms with Crippen molar-refractivity contribution in [3.8, 4) is 11.1 Å². The summed E-state index contributed by atoms with van der Waals surface area (Å²) in [4.78, 5) is 36.5. The summed E-state index contributed by atoms with van der Waals surface area (Å²) in [6, 6.07) is 12.4. The lowest BCUT2D eigenvalue weighted by Gasteiger charge is -2.33. The minimum absolute atomic E-state index is 0.731. The van der Waals surface area contributed by atoms with E-state index in [2.05, 4.69) is 0 Å². The highest BCUT2D eigenvalue weighted by molar-refractivity contribution is 5.87. The molecule has 0 radical (unpaired) electrons. The summed E-state index contributed by atoms with van der Waals surface area (Å²) >= 11 is 0. The van der Waals surface area contributed by atoms with Crippen LogP contribution in [-0.2, 0) is 14.3 Å². The van der Waals surface area contributed by atoms with E-state index in [4.69, 9.17) is 9.84 Å². The van der Waals surface area contributed by atoms with Gasteiger partial charge in [-0.05, 0) is 22.3 Å². The molecule has 0 aromatic heterocycles. The number of benzene rings is 2. The van der Waals surface area contributed by atoms with Crippen LogP contribution in [0.4, 0.5) is 4.79 Å². The first-order valence-corrected chi connectivity index (χ1v) is 7.94. The van der Waals surface area contributed by atoms with Crippen LogP contribution in [0.25, 0.3) is 11.1 Å². The molecule has 7 nitrogen and oxygen atoms in total. The van der Waals surface area contributed by atoms with Gasteiger partial charge in [0.15, 0.2) is 0 Å². The molecule has 0 saturated heterocycles. The summed E-state index contributed by atoms with van der Waals surface area (Å²) in [6.45, 7) is 0. The van der Waals surface area contributed by atoms with Crippen LogP contribution in [-0.4, -0.2) is 46.3 Å². The Kier molecular flexibility index (Phi) is 4.62. The van der Waals surface area contributed by atoms with Gasteiger partial charge in [0.1, 0.15) is 6.04 Å². The largest absolute Gasteiger partial charge is 0.481 e. The van der Waals surface area contributed by atoms with Crippen molar-refractivity contribution >= 4 is 18.0 Å². The van der Waals surface area contributed by atoms with Crippen molar-refractivity contribution in [2.75, 3.05) is 7.11 Å². The van der Waals surface area contributed by atoms with Crippen LogP contribution in [0, 0.1) is 0 Å². The van der Waals surface area contributed by atoms with Crippen molar-refractivity contribution in [1.82, 2.24) is 4.90 Å². The Morgan fingerprint density at radius 2 is 1.50 bits per heavy atom. The van der Waals surface area contributed by atoms with Crippen LogP contribution < -0.4 is 0 Å². The molecule has 0 spiro atoms. The molecule has 0 bridgehead atoms. The van der Waals surface area contributed by atoms with Crippen molar-refractivity contribution in [3.63, 3.8) is 0 Å². The zero-order chi connectivity index (χ0) is 18.8. The first kappa shape index (κ1) is 17.5. The van der Waals surface area contributed by atoms with E-state index in [0.29, 0.717) is 0 Å². The molecule has 0 aliphatic heterocycles. The van der Waals surface area contributed by atoms with E-state index in [1.54, 1.807) is 24.3 Å². The lowest BCUT2D eigenvalue weighted by Crippen LogP contribution is -2.48. The van der Waals surface area contributed by atoms with Crippen molar-refractivity contribution in [2.24, 2.45) is 0 Å². The van der Waals surface area contributed by atoms with Crippen molar-refractivity contribution < 1.29 is 29.3 Å². The van der Waals surface area contributed by atoms with Gasteiger partial charge in [0.2, 0.25) is 0 Å². The Balaban J connectivity index is 2.19. The third kappa shape index (κ3) is 2.88. The summed E-state index contributed by atoms with van der Waals surface area (Å²) < 4.78 is 4.80. The number of carboxylic acid groups (broad SMARTS) is 2. The predicted octanol–water partition coefficient (Wildman–Crippen LogP) is 2.75. The average Bonchev–Trinajstić information content (AvgIpc) is 2.95. The molecule has 7 heteroatoms. The van der Waals surface area contributed by atoms with Crippen molar-refractivity contribution in [2.45, 2.75) is 18.5 Å². The molecule has 1 atom stereocenters. The summed E-state index contributed by atoms with van der Waals surface area (Å²) in [5.41, 5.74) is 3.22. The second-order valence-corrected chi connectivity index (χ2v) is 5.91. The van der Waals surface area contributed by atoms with E-state index in [0.717, 1.165) is 34.3 Å². The summed E-state index contributed by atoms with van der Waals surface area (Å²) in [7, 11) is 1.14. The molecule has 26 heavy (non-hydrogen) atoms. The van der Waals surface area contributed by atoms with Gasteiger partial charge >= 0.3 is 18.0 Å². The van der Waals surface area contributed by atoms with E-state index < -0.39 is 36.5 Å². The Morgan fingerprint density at radius 3 is 1.92 bits per heavy atom. The number of ether oxygens (including phenoxy) is 1. The molecule has 0 heterocycles. The summed E-state index contributed by atoms with van der Waals surface area (Å²) in [6.07, 6.45) is -1.62. The SMILES string of the molecule is COC(=O)N(C1c2ccccc2-c2ccccc21)[C@@H](CC(=O)O)C(=O)O. The normalized spacial score (nSPS) is 13.4. The molecule has 134 valence electrons. The van der Waals surface area contributed by atoms with Gasteiger partial charge in [-0.2, -0.15) is 0 Å². The fourth-order valence-electron chi connectivity index (χ4n) is 3.42. The van der Waals surface area contributed by atoms with Gasteiger partial charge in [-0.3, -0.25) is 9.69 Å². The van der Waals surface area contributed by atoms with Gasteiger partial charge in [-0.1, -0.05) is 48.5 Å². The highest BCUT2D eigenvalue weighted by Crippen LogP contribution is 2.47. The van der Waals surface area contributed by atoms with Crippen LogP contribution in [0.5, 0.6) is 0 Å². The minimum Gasteiger partial charge on any atom is -0.481 e. The van der Waals surface area contributed by atoms with E-state index in [-0.39, 0.29) is 0 Å². The van der Waals surface area contributed by atoms with Gasteiger partial charge in [-0.15, -0.1) is 0 Å². The number of rotatable bonds is 5. The predicted molar refractivity (Wildman–Crippen MR) is 91.6 cm³/mol. The highest BCUT2D eigenvalue weighted by atomic mass is 16.5. The average molecular weight is 355 g/mol. The van der Waals surface area contributed by atoms with Gasteiger partial charge in [0.05, 0.1) is 19.6 Å². The fraction of sp³-hybridized carbons (Fsp3) is 0.211. The molecular formula is C19H17NO6. The van der Waals surface area contributed by atoms with Crippen LogP contribution in [0.2, 0.25) is 0 Å². The van der Waals surface area contributed by atoms with E-state index in [1.165, 1.54) is 0 Å². The van der Waals surface area contributed by atoms with Gasteiger partial charge in [-0.25, -0.2) is 9.59 Å². The summed E-state index contributed by atoms with van der Waals surface area (Å²) in [5, 5.41) is 18.7. The van der Waals surface area contributed by atoms with Gasteiger partial charge in [0.25, 0.3) is 0 Å². The Labute approximate surface area is 149 Å². The monoisotopic (exact) mass is 355 g/mol. The zero-order valence-electron chi connectivity index (χ0n) is 14.0. The number of carbonyl (C=O) groups is 3. The second kappa shape index (κ2) is 6.87. The molecule has 1 amide bonds. The molecule has 0 unspecified atom stereocenters. The van der Waals surface area contributed by atoms with Crippen LogP contribution >= 0.6 is 0 Å². The standard InChI is InChI=1S/C19H17NO6/c1-26-19(25)20(15(18(23)24)10-16(21)22)17-13-8-4-2-6-11(13)12-7-3-5-9-14(12)17/h2-9,15,17H,10H2,1H3,(H,21,22)(H,23,24)/t15-/m0/s1. The van der Waals surface area contributed by atoms with Crippen molar-refractivity contribution in [3.05, 3.63) is 59.7 Å². The van der Waals surface area contributed by atoms with Crippen LogP contribution in [0.3, 0.4) is 0 Å². The number of fused-ring (bicyclic) bond motifs is 3. The van der Waals surface area contributed by atoms with E-state index in [1.807, 2.05) is 24.3 Å². The molecule has 2 aromatic carbocycles. The molecule has 2 aromatic rings. The number of aliphatic carboxylic acids is 2. The van der Waals surface area contributed by atoms with Crippen molar-refractivity contribution in [1.29, 1.82) is 0 Å². The second-order valence-electron chi connectivity index (χ2n) is 5.91. The molecular weight excluding hydrogens is 338 g/mol. The number of hydrogen-bond donors (Lipinski definition) is 2. The molecule has 2 N–H and O–H groups in total. The third-order valence-corrected chi connectivity index (χ3v) is 4.45. The molecule has 1 aliphatic carbocycles. The molecule has 0 fully saturated rings. The number of carbonyl (C=O) groups excluding carboxylic acids is 1. The maximum atomic E-state index is 12.5.